The van der Waals surface area contributed by atoms with Crippen molar-refractivity contribution in [2.24, 2.45) is 0 Å². The molecule has 2 heterocycles. The fourth-order valence-corrected chi connectivity index (χ4v) is 1.87. The minimum absolute atomic E-state index is 0.285. The molecule has 0 aromatic carbocycles. The third-order valence-corrected chi connectivity index (χ3v) is 2.83. The summed E-state index contributed by atoms with van der Waals surface area (Å²) in [7, 11) is 0. The Labute approximate surface area is 103 Å². The second-order valence-electron chi connectivity index (χ2n) is 3.76. The highest BCUT2D eigenvalue weighted by molar-refractivity contribution is 6.17. The van der Waals surface area contributed by atoms with E-state index in [4.69, 9.17) is 11.6 Å². The minimum atomic E-state index is -0.285. The molecule has 0 saturated heterocycles. The average Bonchev–Trinajstić information content (AvgIpc) is 2.70. The summed E-state index contributed by atoms with van der Waals surface area (Å²) in [5, 5.41) is 9.51. The van der Waals surface area contributed by atoms with E-state index >= 15 is 0 Å². The van der Waals surface area contributed by atoms with Crippen LogP contribution in [0.1, 0.15) is 19.8 Å². The van der Waals surface area contributed by atoms with Crippen molar-refractivity contribution in [3.8, 4) is 0 Å². The van der Waals surface area contributed by atoms with Gasteiger partial charge in [0.2, 0.25) is 0 Å². The fraction of sp³-hybridized carbons (Fsp3) is 0.500. The molecule has 0 aliphatic heterocycles. The molecule has 2 aromatic rings. The molecule has 2 aromatic heterocycles. The van der Waals surface area contributed by atoms with Crippen molar-refractivity contribution in [3.63, 3.8) is 0 Å². The van der Waals surface area contributed by atoms with E-state index in [1.807, 2.05) is 0 Å². The van der Waals surface area contributed by atoms with Gasteiger partial charge in [0.05, 0.1) is 0 Å². The number of nitrogens with one attached hydrogen (secondary N) is 2. The van der Waals surface area contributed by atoms with E-state index in [0.717, 1.165) is 12.8 Å². The lowest BCUT2D eigenvalue weighted by molar-refractivity contribution is 0.671. The number of alkyl halides is 1. The van der Waals surface area contributed by atoms with Crippen molar-refractivity contribution >= 4 is 23.1 Å². The Hall–Kier alpha value is -1.56. The standard InChI is InChI=1S/C10H14ClN5O/c1-2-7(3-4-11)13-8-5-9-14-15-10(17)16(9)6-12-8/h5-7,13H,2-4H2,1H3,(H,15,17). The smallest absolute Gasteiger partial charge is 0.348 e. The summed E-state index contributed by atoms with van der Waals surface area (Å²) < 4.78 is 1.35. The SMILES string of the molecule is CCC(CCCl)Nc1cc2n[nH]c(=O)n2cn1. The summed E-state index contributed by atoms with van der Waals surface area (Å²) in [6.07, 6.45) is 3.29. The largest absolute Gasteiger partial charge is 0.367 e. The van der Waals surface area contributed by atoms with Gasteiger partial charge in [-0.05, 0) is 12.8 Å². The summed E-state index contributed by atoms with van der Waals surface area (Å²) in [4.78, 5) is 15.4. The molecule has 0 fully saturated rings. The lowest BCUT2D eigenvalue weighted by Gasteiger charge is -2.15. The van der Waals surface area contributed by atoms with Crippen LogP contribution in [0.2, 0.25) is 0 Å². The Bertz CT molecular complexity index is 549. The predicted molar refractivity (Wildman–Crippen MR) is 66.6 cm³/mol. The Morgan fingerprint density at radius 3 is 3.18 bits per heavy atom. The van der Waals surface area contributed by atoms with Gasteiger partial charge in [-0.25, -0.2) is 19.3 Å². The lowest BCUT2D eigenvalue weighted by Crippen LogP contribution is -2.20. The van der Waals surface area contributed by atoms with Gasteiger partial charge in [-0.2, -0.15) is 5.10 Å². The highest BCUT2D eigenvalue weighted by Gasteiger charge is 2.07. The van der Waals surface area contributed by atoms with Gasteiger partial charge >= 0.3 is 5.69 Å². The Morgan fingerprint density at radius 1 is 1.65 bits per heavy atom. The minimum Gasteiger partial charge on any atom is -0.367 e. The second kappa shape index (κ2) is 5.18. The maximum absolute atomic E-state index is 11.2. The average molecular weight is 256 g/mol. The van der Waals surface area contributed by atoms with Crippen LogP contribution < -0.4 is 11.0 Å². The molecular weight excluding hydrogens is 242 g/mol. The van der Waals surface area contributed by atoms with Crippen molar-refractivity contribution < 1.29 is 0 Å². The van der Waals surface area contributed by atoms with Crippen LogP contribution in [0.5, 0.6) is 0 Å². The summed E-state index contributed by atoms with van der Waals surface area (Å²) in [6.45, 7) is 2.09. The van der Waals surface area contributed by atoms with Gasteiger partial charge in [0.1, 0.15) is 12.1 Å². The number of hydrogen-bond acceptors (Lipinski definition) is 4. The number of rotatable bonds is 5. The molecule has 1 atom stereocenters. The van der Waals surface area contributed by atoms with Gasteiger partial charge in [0, 0.05) is 18.0 Å². The van der Waals surface area contributed by atoms with Crippen LogP contribution in [0, 0.1) is 0 Å². The van der Waals surface area contributed by atoms with Gasteiger partial charge in [0.15, 0.2) is 5.65 Å². The third-order valence-electron chi connectivity index (χ3n) is 2.61. The molecule has 0 radical (unpaired) electrons. The van der Waals surface area contributed by atoms with Gasteiger partial charge in [-0.3, -0.25) is 0 Å². The molecular formula is C10H14ClN5O. The van der Waals surface area contributed by atoms with Crippen LogP contribution >= 0.6 is 11.6 Å². The normalized spacial score (nSPS) is 12.8. The summed E-state index contributed by atoms with van der Waals surface area (Å²) in [5.74, 6) is 1.31. The molecule has 0 amide bonds. The van der Waals surface area contributed by atoms with E-state index in [1.54, 1.807) is 6.07 Å². The van der Waals surface area contributed by atoms with Crippen molar-refractivity contribution in [3.05, 3.63) is 22.9 Å². The molecule has 92 valence electrons. The molecule has 0 spiro atoms. The highest BCUT2D eigenvalue weighted by Crippen LogP contribution is 2.10. The van der Waals surface area contributed by atoms with Gasteiger partial charge < -0.3 is 5.32 Å². The van der Waals surface area contributed by atoms with E-state index in [1.165, 1.54) is 10.7 Å². The number of fused-ring (bicyclic) bond motifs is 1. The quantitative estimate of drug-likeness (QED) is 0.789. The second-order valence-corrected chi connectivity index (χ2v) is 4.14. The number of hydrogen-bond donors (Lipinski definition) is 2. The number of aromatic nitrogens is 4. The first-order valence-corrected chi connectivity index (χ1v) is 6.03. The van der Waals surface area contributed by atoms with Crippen LogP contribution in [0.3, 0.4) is 0 Å². The van der Waals surface area contributed by atoms with E-state index < -0.39 is 0 Å². The van der Waals surface area contributed by atoms with Crippen molar-refractivity contribution in [2.45, 2.75) is 25.8 Å². The first-order chi connectivity index (χ1) is 8.24. The lowest BCUT2D eigenvalue weighted by atomic mass is 10.2. The zero-order valence-electron chi connectivity index (χ0n) is 9.48. The molecule has 0 saturated carbocycles. The molecule has 2 N–H and O–H groups in total. The maximum atomic E-state index is 11.2. The zero-order valence-corrected chi connectivity index (χ0v) is 10.2. The van der Waals surface area contributed by atoms with Crippen molar-refractivity contribution in [1.29, 1.82) is 0 Å². The van der Waals surface area contributed by atoms with Crippen LogP contribution in [0.25, 0.3) is 5.65 Å². The summed E-state index contributed by atoms with van der Waals surface area (Å²) >= 11 is 5.72. The fourth-order valence-electron chi connectivity index (χ4n) is 1.61. The van der Waals surface area contributed by atoms with Crippen LogP contribution in [-0.4, -0.2) is 31.5 Å². The van der Waals surface area contributed by atoms with E-state index in [2.05, 4.69) is 27.4 Å². The molecule has 17 heavy (non-hydrogen) atoms. The van der Waals surface area contributed by atoms with Gasteiger partial charge in [-0.15, -0.1) is 11.6 Å². The molecule has 0 aliphatic carbocycles. The van der Waals surface area contributed by atoms with E-state index in [0.29, 0.717) is 17.3 Å². The molecule has 7 heteroatoms. The summed E-state index contributed by atoms with van der Waals surface area (Å²) in [5.41, 5.74) is 0.264. The van der Waals surface area contributed by atoms with Crippen LogP contribution in [0.4, 0.5) is 5.82 Å². The number of halogens is 1. The number of nitrogens with zero attached hydrogens (tertiary/aromatic N) is 3. The first kappa shape index (κ1) is 11.9. The maximum Gasteiger partial charge on any atom is 0.348 e. The number of aromatic amines is 1. The molecule has 6 nitrogen and oxygen atoms in total. The number of anilines is 1. The highest BCUT2D eigenvalue weighted by atomic mass is 35.5. The predicted octanol–water partition coefficient (Wildman–Crippen LogP) is 1.24. The van der Waals surface area contributed by atoms with Crippen molar-refractivity contribution in [1.82, 2.24) is 19.6 Å². The topological polar surface area (TPSA) is 75.1 Å². The Morgan fingerprint density at radius 2 is 2.47 bits per heavy atom. The first-order valence-electron chi connectivity index (χ1n) is 5.50. The van der Waals surface area contributed by atoms with E-state index in [9.17, 15) is 4.79 Å². The molecule has 0 bridgehead atoms. The van der Waals surface area contributed by atoms with E-state index in [-0.39, 0.29) is 11.7 Å². The Balaban J connectivity index is 2.21. The number of H-pyrrole nitrogens is 1. The van der Waals surface area contributed by atoms with Gasteiger partial charge in [0.25, 0.3) is 0 Å². The third kappa shape index (κ3) is 2.58. The molecule has 2 rings (SSSR count). The molecule has 1 unspecified atom stereocenters. The Kier molecular flexibility index (Phi) is 3.63. The zero-order chi connectivity index (χ0) is 12.3. The van der Waals surface area contributed by atoms with Crippen molar-refractivity contribution in [2.75, 3.05) is 11.2 Å². The van der Waals surface area contributed by atoms with Crippen LogP contribution in [0.15, 0.2) is 17.2 Å². The summed E-state index contributed by atoms with van der Waals surface area (Å²) in [6, 6.07) is 2.02. The monoisotopic (exact) mass is 255 g/mol. The van der Waals surface area contributed by atoms with Gasteiger partial charge in [-0.1, -0.05) is 6.92 Å². The molecule has 0 aliphatic rings. The van der Waals surface area contributed by atoms with Crippen LogP contribution in [-0.2, 0) is 0 Å².